The van der Waals surface area contributed by atoms with Crippen LogP contribution in [-0.2, 0) is 9.59 Å². The lowest BCUT2D eigenvalue weighted by Crippen LogP contribution is -2.46. The van der Waals surface area contributed by atoms with E-state index >= 15 is 0 Å². The second-order valence-corrected chi connectivity index (χ2v) is 7.17. The minimum absolute atomic E-state index is 0.0750. The highest BCUT2D eigenvalue weighted by atomic mass is 16.4. The van der Waals surface area contributed by atoms with Gasteiger partial charge in [0.1, 0.15) is 6.04 Å². The summed E-state index contributed by atoms with van der Waals surface area (Å²) in [5.41, 5.74) is 0. The normalized spacial score (nSPS) is 34.3. The fourth-order valence-corrected chi connectivity index (χ4v) is 4.79. The average Bonchev–Trinajstić information content (AvgIpc) is 2.96. The first-order valence-corrected chi connectivity index (χ1v) is 8.72. The van der Waals surface area contributed by atoms with Crippen LogP contribution < -0.4 is 0 Å². The Morgan fingerprint density at radius 2 is 1.52 bits per heavy atom. The third-order valence-electron chi connectivity index (χ3n) is 5.88. The molecule has 0 spiro atoms. The summed E-state index contributed by atoms with van der Waals surface area (Å²) in [4.78, 5) is 26.3. The zero-order chi connectivity index (χ0) is 14.8. The molecule has 3 aliphatic rings. The number of nitrogens with zero attached hydrogens (tertiary/aromatic N) is 1. The monoisotopic (exact) mass is 293 g/mol. The minimum atomic E-state index is -0.788. The van der Waals surface area contributed by atoms with Crippen LogP contribution in [-0.4, -0.2) is 34.5 Å². The summed E-state index contributed by atoms with van der Waals surface area (Å²) >= 11 is 0. The van der Waals surface area contributed by atoms with Crippen molar-refractivity contribution in [1.82, 2.24) is 4.90 Å². The highest BCUT2D eigenvalue weighted by molar-refractivity contribution is 5.86. The maximum atomic E-state index is 12.9. The Kier molecular flexibility index (Phi) is 4.51. The molecule has 0 aromatic rings. The Morgan fingerprint density at radius 3 is 2.19 bits per heavy atom. The molecule has 3 rings (SSSR count). The van der Waals surface area contributed by atoms with Crippen LogP contribution in [0.4, 0.5) is 0 Å². The van der Waals surface area contributed by atoms with Crippen LogP contribution in [0.1, 0.15) is 64.2 Å². The fraction of sp³-hybridized carbons (Fsp3) is 0.882. The molecule has 21 heavy (non-hydrogen) atoms. The third kappa shape index (κ3) is 2.95. The van der Waals surface area contributed by atoms with E-state index in [4.69, 9.17) is 0 Å². The summed E-state index contributed by atoms with van der Waals surface area (Å²) in [7, 11) is 0. The number of likely N-dealkylation sites (tertiary alicyclic amines) is 1. The van der Waals surface area contributed by atoms with Gasteiger partial charge in [0, 0.05) is 12.5 Å². The molecule has 3 unspecified atom stereocenters. The number of hydrogen-bond donors (Lipinski definition) is 1. The van der Waals surface area contributed by atoms with E-state index in [-0.39, 0.29) is 17.7 Å². The van der Waals surface area contributed by atoms with Gasteiger partial charge in [-0.25, -0.2) is 4.79 Å². The van der Waals surface area contributed by atoms with Gasteiger partial charge in [-0.15, -0.1) is 0 Å². The van der Waals surface area contributed by atoms with E-state index in [1.54, 1.807) is 4.90 Å². The molecule has 1 heterocycles. The molecule has 1 amide bonds. The number of aliphatic carboxylic acids is 1. The highest BCUT2D eigenvalue weighted by Gasteiger charge is 2.50. The SMILES string of the molecule is O=C(O)C1C2CCCC2CN1C(=O)C1CCCCCCC1. The first-order chi connectivity index (χ1) is 10.2. The van der Waals surface area contributed by atoms with Crippen molar-refractivity contribution in [2.24, 2.45) is 17.8 Å². The summed E-state index contributed by atoms with van der Waals surface area (Å²) < 4.78 is 0. The van der Waals surface area contributed by atoms with E-state index in [0.717, 1.165) is 44.9 Å². The molecule has 2 saturated carbocycles. The zero-order valence-corrected chi connectivity index (χ0v) is 12.8. The van der Waals surface area contributed by atoms with E-state index in [1.807, 2.05) is 0 Å². The molecule has 2 aliphatic carbocycles. The van der Waals surface area contributed by atoms with Gasteiger partial charge in [-0.1, -0.05) is 38.5 Å². The van der Waals surface area contributed by atoms with Crippen molar-refractivity contribution in [1.29, 1.82) is 0 Å². The fourth-order valence-electron chi connectivity index (χ4n) is 4.79. The molecule has 1 aliphatic heterocycles. The Bertz CT molecular complexity index is 401. The largest absolute Gasteiger partial charge is 0.480 e. The Hall–Kier alpha value is -1.06. The van der Waals surface area contributed by atoms with Crippen LogP contribution >= 0.6 is 0 Å². The maximum absolute atomic E-state index is 12.9. The predicted molar refractivity (Wildman–Crippen MR) is 79.8 cm³/mol. The number of hydrogen-bond acceptors (Lipinski definition) is 2. The molecule has 0 aromatic carbocycles. The van der Waals surface area contributed by atoms with Crippen LogP contribution in [0, 0.1) is 17.8 Å². The first kappa shape index (κ1) is 14.9. The molecular formula is C17H27NO3. The predicted octanol–water partition coefficient (Wildman–Crippen LogP) is 3.06. The molecule has 3 fully saturated rings. The average molecular weight is 293 g/mol. The van der Waals surface area contributed by atoms with Crippen molar-refractivity contribution in [2.45, 2.75) is 70.3 Å². The van der Waals surface area contributed by atoms with Gasteiger partial charge in [-0.3, -0.25) is 4.79 Å². The van der Waals surface area contributed by atoms with Gasteiger partial charge in [0.25, 0.3) is 0 Å². The van der Waals surface area contributed by atoms with E-state index in [9.17, 15) is 14.7 Å². The van der Waals surface area contributed by atoms with Gasteiger partial charge < -0.3 is 10.0 Å². The molecule has 0 aromatic heterocycles. The lowest BCUT2D eigenvalue weighted by molar-refractivity contribution is -0.151. The molecule has 118 valence electrons. The summed E-state index contributed by atoms with van der Waals surface area (Å²) in [6.45, 7) is 0.691. The van der Waals surface area contributed by atoms with E-state index in [0.29, 0.717) is 12.5 Å². The summed E-state index contributed by atoms with van der Waals surface area (Å²) in [5.74, 6) is 0.0666. The second-order valence-electron chi connectivity index (χ2n) is 7.17. The molecule has 4 heteroatoms. The van der Waals surface area contributed by atoms with Crippen molar-refractivity contribution in [3.8, 4) is 0 Å². The lowest BCUT2D eigenvalue weighted by atomic mass is 9.89. The molecule has 0 radical (unpaired) electrons. The standard InChI is InChI=1S/C17H27NO3/c19-16(12-7-4-2-1-3-5-8-12)18-11-13-9-6-10-14(13)15(18)17(20)21/h12-15H,1-11H2,(H,20,21). The Labute approximate surface area is 126 Å². The Morgan fingerprint density at radius 1 is 0.857 bits per heavy atom. The zero-order valence-electron chi connectivity index (χ0n) is 12.8. The van der Waals surface area contributed by atoms with Crippen LogP contribution in [0.2, 0.25) is 0 Å². The topological polar surface area (TPSA) is 57.6 Å². The third-order valence-corrected chi connectivity index (χ3v) is 5.88. The molecule has 4 nitrogen and oxygen atoms in total. The van der Waals surface area contributed by atoms with Gasteiger partial charge in [0.05, 0.1) is 0 Å². The summed E-state index contributed by atoms with van der Waals surface area (Å²) in [6, 6.07) is -0.546. The number of amides is 1. The lowest BCUT2D eigenvalue weighted by Gasteiger charge is -2.29. The molecular weight excluding hydrogens is 266 g/mol. The van der Waals surface area contributed by atoms with Crippen LogP contribution in [0.5, 0.6) is 0 Å². The number of carboxylic acid groups (broad SMARTS) is 1. The maximum Gasteiger partial charge on any atom is 0.326 e. The van der Waals surface area contributed by atoms with Gasteiger partial charge in [-0.05, 0) is 37.5 Å². The van der Waals surface area contributed by atoms with E-state index in [2.05, 4.69) is 0 Å². The number of carbonyl (C=O) groups is 2. The number of carbonyl (C=O) groups excluding carboxylic acids is 1. The second kappa shape index (κ2) is 6.37. The van der Waals surface area contributed by atoms with Crippen LogP contribution in [0.3, 0.4) is 0 Å². The van der Waals surface area contributed by atoms with E-state index in [1.165, 1.54) is 19.3 Å². The van der Waals surface area contributed by atoms with Gasteiger partial charge >= 0.3 is 5.97 Å². The summed E-state index contributed by atoms with van der Waals surface area (Å²) in [5, 5.41) is 9.58. The van der Waals surface area contributed by atoms with Crippen LogP contribution in [0.25, 0.3) is 0 Å². The van der Waals surface area contributed by atoms with Gasteiger partial charge in [-0.2, -0.15) is 0 Å². The number of carboxylic acids is 1. The quantitative estimate of drug-likeness (QED) is 0.851. The smallest absolute Gasteiger partial charge is 0.326 e. The molecule has 0 bridgehead atoms. The summed E-state index contributed by atoms with van der Waals surface area (Å²) in [6.07, 6.45) is 11.1. The van der Waals surface area contributed by atoms with E-state index < -0.39 is 12.0 Å². The van der Waals surface area contributed by atoms with Crippen LogP contribution in [0.15, 0.2) is 0 Å². The number of rotatable bonds is 2. The van der Waals surface area contributed by atoms with Gasteiger partial charge in [0.15, 0.2) is 0 Å². The van der Waals surface area contributed by atoms with Crippen molar-refractivity contribution >= 4 is 11.9 Å². The van der Waals surface area contributed by atoms with Crippen molar-refractivity contribution in [3.05, 3.63) is 0 Å². The highest BCUT2D eigenvalue weighted by Crippen LogP contribution is 2.43. The molecule has 1 saturated heterocycles. The van der Waals surface area contributed by atoms with Gasteiger partial charge in [0.2, 0.25) is 5.91 Å². The van der Waals surface area contributed by atoms with Crippen molar-refractivity contribution in [2.75, 3.05) is 6.54 Å². The first-order valence-electron chi connectivity index (χ1n) is 8.72. The number of fused-ring (bicyclic) bond motifs is 1. The Balaban J connectivity index is 1.71. The van der Waals surface area contributed by atoms with Crippen molar-refractivity contribution < 1.29 is 14.7 Å². The molecule has 3 atom stereocenters. The minimum Gasteiger partial charge on any atom is -0.480 e. The van der Waals surface area contributed by atoms with Crippen molar-refractivity contribution in [3.63, 3.8) is 0 Å². The molecule has 1 N–H and O–H groups in total.